The van der Waals surface area contributed by atoms with Crippen molar-refractivity contribution in [2.75, 3.05) is 36.4 Å². The van der Waals surface area contributed by atoms with Gasteiger partial charge >= 0.3 is 0 Å². The van der Waals surface area contributed by atoms with Crippen molar-refractivity contribution in [3.05, 3.63) is 42.7 Å². The molecule has 2 N–H and O–H groups in total. The fourth-order valence-corrected chi connectivity index (χ4v) is 4.53. The van der Waals surface area contributed by atoms with Gasteiger partial charge in [0, 0.05) is 61.4 Å². The van der Waals surface area contributed by atoms with E-state index in [4.69, 9.17) is 4.98 Å². The number of aromatic nitrogens is 3. The fraction of sp³-hybridized carbons (Fsp3) is 0.455. The molecule has 2 atom stereocenters. The summed E-state index contributed by atoms with van der Waals surface area (Å²) in [4.78, 5) is 11.8. The van der Waals surface area contributed by atoms with Gasteiger partial charge in [-0.05, 0) is 55.5 Å². The van der Waals surface area contributed by atoms with Crippen LogP contribution in [0, 0.1) is 5.92 Å². The summed E-state index contributed by atoms with van der Waals surface area (Å²) in [5.74, 6) is 1.46. The van der Waals surface area contributed by atoms with Crippen LogP contribution in [0.4, 0.5) is 17.3 Å². The third-order valence-corrected chi connectivity index (χ3v) is 6.12. The minimum absolute atomic E-state index is 0.563. The molecule has 2 aromatic heterocycles. The summed E-state index contributed by atoms with van der Waals surface area (Å²) in [6.45, 7) is 6.56. The Labute approximate surface area is 166 Å². The Morgan fingerprint density at radius 1 is 1.07 bits per heavy atom. The first-order chi connectivity index (χ1) is 13.8. The van der Waals surface area contributed by atoms with Gasteiger partial charge in [0.1, 0.15) is 5.65 Å². The quantitative estimate of drug-likeness (QED) is 0.722. The van der Waals surface area contributed by atoms with E-state index in [0.29, 0.717) is 12.0 Å². The molecule has 1 saturated carbocycles. The second kappa shape index (κ2) is 7.43. The lowest BCUT2D eigenvalue weighted by Gasteiger charge is -2.29. The van der Waals surface area contributed by atoms with Gasteiger partial charge in [-0.2, -0.15) is 4.98 Å². The third-order valence-electron chi connectivity index (χ3n) is 6.12. The Kier molecular flexibility index (Phi) is 4.64. The molecule has 28 heavy (non-hydrogen) atoms. The van der Waals surface area contributed by atoms with Gasteiger partial charge in [-0.3, -0.25) is 0 Å². The number of hydrogen-bond donors (Lipinski definition) is 2. The zero-order valence-corrected chi connectivity index (χ0v) is 16.4. The number of benzene rings is 1. The maximum Gasteiger partial charge on any atom is 0.229 e. The second-order valence-electron chi connectivity index (χ2n) is 8.18. The number of hydrogen-bond acceptors (Lipinski definition) is 5. The van der Waals surface area contributed by atoms with Crippen LogP contribution in [-0.2, 0) is 0 Å². The largest absolute Gasteiger partial charge is 0.369 e. The summed E-state index contributed by atoms with van der Waals surface area (Å²) in [7, 11) is 0. The molecule has 1 aliphatic carbocycles. The molecular formula is C22H28N6. The SMILES string of the molecule is CC1CCC(n2ccc3cnc(Nc4ccc(N5CCNCC5)cc4)nc32)C1. The number of piperazine rings is 1. The lowest BCUT2D eigenvalue weighted by molar-refractivity contribution is 0.505. The number of anilines is 3. The van der Waals surface area contributed by atoms with Crippen molar-refractivity contribution in [1.29, 1.82) is 0 Å². The van der Waals surface area contributed by atoms with Crippen molar-refractivity contribution in [3.8, 4) is 0 Å². The van der Waals surface area contributed by atoms with E-state index in [1.807, 2.05) is 6.20 Å². The van der Waals surface area contributed by atoms with Crippen LogP contribution in [0.5, 0.6) is 0 Å². The predicted octanol–water partition coefficient (Wildman–Crippen LogP) is 3.95. The number of rotatable bonds is 4. The molecule has 2 unspecified atom stereocenters. The molecule has 5 rings (SSSR count). The van der Waals surface area contributed by atoms with Gasteiger partial charge in [0.05, 0.1) is 0 Å². The molecule has 0 bridgehead atoms. The highest BCUT2D eigenvalue weighted by Gasteiger charge is 2.24. The fourth-order valence-electron chi connectivity index (χ4n) is 4.53. The van der Waals surface area contributed by atoms with Crippen molar-refractivity contribution in [3.63, 3.8) is 0 Å². The van der Waals surface area contributed by atoms with Crippen LogP contribution < -0.4 is 15.5 Å². The second-order valence-corrected chi connectivity index (χ2v) is 8.18. The van der Waals surface area contributed by atoms with E-state index in [-0.39, 0.29) is 0 Å². The molecule has 1 saturated heterocycles. The third kappa shape index (κ3) is 3.44. The summed E-state index contributed by atoms with van der Waals surface area (Å²) in [6.07, 6.45) is 7.89. The molecule has 2 fully saturated rings. The van der Waals surface area contributed by atoms with E-state index >= 15 is 0 Å². The van der Waals surface area contributed by atoms with Crippen LogP contribution in [0.2, 0.25) is 0 Å². The monoisotopic (exact) mass is 376 g/mol. The van der Waals surface area contributed by atoms with Gasteiger partial charge < -0.3 is 20.1 Å². The van der Waals surface area contributed by atoms with E-state index < -0.39 is 0 Å². The van der Waals surface area contributed by atoms with Gasteiger partial charge in [0.15, 0.2) is 0 Å². The van der Waals surface area contributed by atoms with Crippen molar-refractivity contribution >= 4 is 28.4 Å². The first-order valence-corrected chi connectivity index (χ1v) is 10.4. The van der Waals surface area contributed by atoms with Crippen LogP contribution in [0.15, 0.2) is 42.7 Å². The first kappa shape index (κ1) is 17.5. The van der Waals surface area contributed by atoms with Gasteiger partial charge in [0.25, 0.3) is 0 Å². The summed E-state index contributed by atoms with van der Waals surface area (Å²) < 4.78 is 2.35. The number of nitrogens with one attached hydrogen (secondary N) is 2. The smallest absolute Gasteiger partial charge is 0.229 e. The van der Waals surface area contributed by atoms with Gasteiger partial charge in [-0.15, -0.1) is 0 Å². The lowest BCUT2D eigenvalue weighted by atomic mass is 10.1. The summed E-state index contributed by atoms with van der Waals surface area (Å²) >= 11 is 0. The van der Waals surface area contributed by atoms with Crippen LogP contribution in [-0.4, -0.2) is 40.7 Å². The minimum Gasteiger partial charge on any atom is -0.369 e. The number of fused-ring (bicyclic) bond motifs is 1. The maximum atomic E-state index is 4.83. The molecule has 0 spiro atoms. The van der Waals surface area contributed by atoms with Crippen LogP contribution in [0.25, 0.3) is 11.0 Å². The highest BCUT2D eigenvalue weighted by atomic mass is 15.2. The molecule has 3 aromatic rings. The topological polar surface area (TPSA) is 58.0 Å². The summed E-state index contributed by atoms with van der Waals surface area (Å²) in [5, 5.41) is 7.88. The van der Waals surface area contributed by atoms with Gasteiger partial charge in [0.2, 0.25) is 5.95 Å². The van der Waals surface area contributed by atoms with E-state index in [1.165, 1.54) is 24.9 Å². The van der Waals surface area contributed by atoms with Crippen molar-refractivity contribution in [1.82, 2.24) is 19.9 Å². The van der Waals surface area contributed by atoms with Crippen LogP contribution in [0.3, 0.4) is 0 Å². The molecular weight excluding hydrogens is 348 g/mol. The van der Waals surface area contributed by atoms with Crippen molar-refractivity contribution in [2.24, 2.45) is 5.92 Å². The summed E-state index contributed by atoms with van der Waals surface area (Å²) in [6, 6.07) is 11.3. The molecule has 1 aliphatic heterocycles. The lowest BCUT2D eigenvalue weighted by Crippen LogP contribution is -2.43. The van der Waals surface area contributed by atoms with Crippen LogP contribution >= 0.6 is 0 Å². The van der Waals surface area contributed by atoms with E-state index in [2.05, 4.69) is 68.5 Å². The van der Waals surface area contributed by atoms with Gasteiger partial charge in [-0.25, -0.2) is 4.98 Å². The van der Waals surface area contributed by atoms with Crippen molar-refractivity contribution < 1.29 is 0 Å². The summed E-state index contributed by atoms with van der Waals surface area (Å²) in [5.41, 5.74) is 3.33. The highest BCUT2D eigenvalue weighted by molar-refractivity contribution is 5.77. The standard InChI is InChI=1S/C22H28N6/c1-16-2-5-20(14-16)28-11-8-17-15-24-22(26-21(17)28)25-18-3-6-19(7-4-18)27-12-9-23-10-13-27/h3-4,6-8,11,15-16,20,23H,2,5,9-10,12-14H2,1H3,(H,24,25,26). The average Bonchev–Trinajstić information content (AvgIpc) is 3.35. The minimum atomic E-state index is 0.563. The number of nitrogens with zero attached hydrogens (tertiary/aromatic N) is 4. The Morgan fingerprint density at radius 2 is 1.89 bits per heavy atom. The zero-order valence-electron chi connectivity index (χ0n) is 16.4. The Balaban J connectivity index is 1.34. The molecule has 3 heterocycles. The first-order valence-electron chi connectivity index (χ1n) is 10.4. The Morgan fingerprint density at radius 3 is 2.64 bits per heavy atom. The van der Waals surface area contributed by atoms with E-state index in [9.17, 15) is 0 Å². The Hall–Kier alpha value is -2.60. The molecule has 146 valence electrons. The maximum absolute atomic E-state index is 4.83. The van der Waals surface area contributed by atoms with Crippen LogP contribution in [0.1, 0.15) is 32.2 Å². The van der Waals surface area contributed by atoms with E-state index in [1.54, 1.807) is 0 Å². The molecule has 2 aliphatic rings. The van der Waals surface area contributed by atoms with Crippen molar-refractivity contribution in [2.45, 2.75) is 32.2 Å². The average molecular weight is 377 g/mol. The van der Waals surface area contributed by atoms with E-state index in [0.717, 1.165) is 48.8 Å². The normalized spacial score (nSPS) is 22.7. The Bertz CT molecular complexity index is 941. The highest BCUT2D eigenvalue weighted by Crippen LogP contribution is 2.36. The zero-order chi connectivity index (χ0) is 18.9. The molecule has 0 amide bonds. The molecule has 0 radical (unpaired) electrons. The predicted molar refractivity (Wildman–Crippen MR) is 114 cm³/mol. The van der Waals surface area contributed by atoms with Gasteiger partial charge in [-0.1, -0.05) is 6.92 Å². The molecule has 1 aromatic carbocycles. The molecule has 6 nitrogen and oxygen atoms in total. The molecule has 6 heteroatoms.